The van der Waals surface area contributed by atoms with E-state index in [1.807, 2.05) is 49.4 Å². The smallest absolute Gasteiger partial charge is 0.276 e. The first-order chi connectivity index (χ1) is 12.4. The first-order valence-corrected chi connectivity index (χ1v) is 9.58. The van der Waals surface area contributed by atoms with Gasteiger partial charge in [0.05, 0.1) is 18.2 Å². The van der Waals surface area contributed by atoms with E-state index in [0.29, 0.717) is 16.9 Å². The van der Waals surface area contributed by atoms with Gasteiger partial charge in [-0.1, -0.05) is 42.5 Å². The van der Waals surface area contributed by atoms with Crippen molar-refractivity contribution >= 4 is 27.0 Å². The molecule has 134 valence electrons. The van der Waals surface area contributed by atoms with Crippen molar-refractivity contribution in [3.8, 4) is 5.75 Å². The SMILES string of the molecule is COc1ccc2ccccc2c1C=NNS(=O)(=O)c1cc(C)ccc1C. The van der Waals surface area contributed by atoms with Gasteiger partial charge in [-0.15, -0.1) is 0 Å². The van der Waals surface area contributed by atoms with Gasteiger partial charge in [0.25, 0.3) is 10.0 Å². The molecule has 3 aromatic carbocycles. The van der Waals surface area contributed by atoms with Gasteiger partial charge in [-0.05, 0) is 47.9 Å². The normalized spacial score (nSPS) is 11.8. The molecule has 0 bridgehead atoms. The number of hydrazone groups is 1. The Bertz CT molecular complexity index is 1090. The van der Waals surface area contributed by atoms with Crippen LogP contribution >= 0.6 is 0 Å². The summed E-state index contributed by atoms with van der Waals surface area (Å²) >= 11 is 0. The first-order valence-electron chi connectivity index (χ1n) is 8.10. The Hall–Kier alpha value is -2.86. The zero-order valence-electron chi connectivity index (χ0n) is 14.9. The van der Waals surface area contributed by atoms with Crippen LogP contribution in [0.3, 0.4) is 0 Å². The lowest BCUT2D eigenvalue weighted by Crippen LogP contribution is -2.19. The second kappa shape index (κ2) is 7.17. The lowest BCUT2D eigenvalue weighted by Gasteiger charge is -2.10. The number of methoxy groups -OCH3 is 1. The fraction of sp³-hybridized carbons (Fsp3) is 0.150. The first kappa shape index (κ1) is 17.9. The number of hydrogen-bond acceptors (Lipinski definition) is 4. The standard InChI is InChI=1S/C20H20N2O3S/c1-14-8-9-15(2)20(12-14)26(23,24)22-21-13-18-17-7-5-4-6-16(17)10-11-19(18)25-3/h4-13,22H,1-3H3. The molecule has 0 heterocycles. The van der Waals surface area contributed by atoms with Crippen molar-refractivity contribution in [1.82, 2.24) is 4.83 Å². The molecular formula is C20H20N2O3S. The van der Waals surface area contributed by atoms with Crippen molar-refractivity contribution in [2.45, 2.75) is 18.7 Å². The number of rotatable bonds is 5. The predicted molar refractivity (Wildman–Crippen MR) is 104 cm³/mol. The Morgan fingerprint density at radius 1 is 1.04 bits per heavy atom. The minimum atomic E-state index is -3.75. The van der Waals surface area contributed by atoms with E-state index in [1.54, 1.807) is 26.2 Å². The maximum Gasteiger partial charge on any atom is 0.276 e. The van der Waals surface area contributed by atoms with Crippen molar-refractivity contribution in [1.29, 1.82) is 0 Å². The van der Waals surface area contributed by atoms with Gasteiger partial charge in [0.2, 0.25) is 0 Å². The van der Waals surface area contributed by atoms with E-state index in [4.69, 9.17) is 4.74 Å². The monoisotopic (exact) mass is 368 g/mol. The zero-order chi connectivity index (χ0) is 18.7. The molecule has 0 aliphatic heterocycles. The number of benzene rings is 3. The molecule has 0 spiro atoms. The second-order valence-electron chi connectivity index (χ2n) is 6.02. The van der Waals surface area contributed by atoms with Gasteiger partial charge in [-0.25, -0.2) is 4.83 Å². The molecule has 0 aliphatic rings. The summed E-state index contributed by atoms with van der Waals surface area (Å²) in [5.74, 6) is 0.624. The average Bonchev–Trinajstić information content (AvgIpc) is 2.63. The van der Waals surface area contributed by atoms with Gasteiger partial charge in [-0.3, -0.25) is 0 Å². The Kier molecular flexibility index (Phi) is 4.95. The van der Waals surface area contributed by atoms with Crippen LogP contribution in [-0.4, -0.2) is 21.7 Å². The molecule has 0 saturated carbocycles. The Morgan fingerprint density at radius 2 is 1.81 bits per heavy atom. The number of hydrogen-bond donors (Lipinski definition) is 1. The lowest BCUT2D eigenvalue weighted by molar-refractivity contribution is 0.415. The van der Waals surface area contributed by atoms with E-state index in [-0.39, 0.29) is 4.90 Å². The predicted octanol–water partition coefficient (Wildman–Crippen LogP) is 3.78. The summed E-state index contributed by atoms with van der Waals surface area (Å²) in [4.78, 5) is 2.52. The highest BCUT2D eigenvalue weighted by atomic mass is 32.2. The van der Waals surface area contributed by atoms with Gasteiger partial charge in [-0.2, -0.15) is 13.5 Å². The molecular weight excluding hydrogens is 348 g/mol. The number of fused-ring (bicyclic) bond motifs is 1. The van der Waals surface area contributed by atoms with E-state index < -0.39 is 10.0 Å². The summed E-state index contributed by atoms with van der Waals surface area (Å²) in [5.41, 5.74) is 2.26. The van der Waals surface area contributed by atoms with Crippen LogP contribution in [0.5, 0.6) is 5.75 Å². The molecule has 0 aliphatic carbocycles. The number of nitrogens with one attached hydrogen (secondary N) is 1. The third-order valence-corrected chi connectivity index (χ3v) is 5.51. The van der Waals surface area contributed by atoms with Crippen LogP contribution in [0.2, 0.25) is 0 Å². The summed E-state index contributed by atoms with van der Waals surface area (Å²) in [6, 6.07) is 16.9. The van der Waals surface area contributed by atoms with E-state index in [1.165, 1.54) is 6.21 Å². The molecule has 3 aromatic rings. The van der Waals surface area contributed by atoms with Crippen LogP contribution < -0.4 is 9.57 Å². The van der Waals surface area contributed by atoms with Gasteiger partial charge in [0, 0.05) is 5.56 Å². The zero-order valence-corrected chi connectivity index (χ0v) is 15.7. The topological polar surface area (TPSA) is 67.8 Å². The quantitative estimate of drug-likeness (QED) is 0.550. The van der Waals surface area contributed by atoms with Gasteiger partial charge >= 0.3 is 0 Å². The maximum absolute atomic E-state index is 12.6. The average molecular weight is 368 g/mol. The molecule has 6 heteroatoms. The van der Waals surface area contributed by atoms with Crippen molar-refractivity contribution in [2.75, 3.05) is 7.11 Å². The fourth-order valence-electron chi connectivity index (χ4n) is 2.79. The Labute approximate surface area is 153 Å². The van der Waals surface area contributed by atoms with Crippen LogP contribution in [-0.2, 0) is 10.0 Å². The number of ether oxygens (including phenoxy) is 1. The van der Waals surface area contributed by atoms with Crippen molar-refractivity contribution in [2.24, 2.45) is 5.10 Å². The molecule has 0 fully saturated rings. The molecule has 3 rings (SSSR count). The molecule has 0 atom stereocenters. The Balaban J connectivity index is 1.96. The molecule has 0 aromatic heterocycles. The van der Waals surface area contributed by atoms with E-state index in [0.717, 1.165) is 16.3 Å². The Morgan fingerprint density at radius 3 is 2.58 bits per heavy atom. The van der Waals surface area contributed by atoms with Crippen molar-refractivity contribution in [3.63, 3.8) is 0 Å². The lowest BCUT2D eigenvalue weighted by atomic mass is 10.0. The minimum Gasteiger partial charge on any atom is -0.496 e. The van der Waals surface area contributed by atoms with E-state index in [9.17, 15) is 8.42 Å². The summed E-state index contributed by atoms with van der Waals surface area (Å²) < 4.78 is 30.5. The highest BCUT2D eigenvalue weighted by molar-refractivity contribution is 7.89. The summed E-state index contributed by atoms with van der Waals surface area (Å²) in [6.45, 7) is 3.61. The largest absolute Gasteiger partial charge is 0.496 e. The summed E-state index contributed by atoms with van der Waals surface area (Å²) in [5, 5.41) is 5.93. The van der Waals surface area contributed by atoms with Gasteiger partial charge in [0.15, 0.2) is 0 Å². The summed E-state index contributed by atoms with van der Waals surface area (Å²) in [7, 11) is -2.17. The van der Waals surface area contributed by atoms with Crippen molar-refractivity contribution < 1.29 is 13.2 Å². The molecule has 26 heavy (non-hydrogen) atoms. The third-order valence-electron chi connectivity index (χ3n) is 4.15. The minimum absolute atomic E-state index is 0.222. The molecule has 1 N–H and O–H groups in total. The second-order valence-corrected chi connectivity index (χ2v) is 7.65. The molecule has 0 saturated heterocycles. The number of aryl methyl sites for hydroxylation is 2. The molecule has 0 amide bonds. The highest BCUT2D eigenvalue weighted by Crippen LogP contribution is 2.26. The number of nitrogens with zero attached hydrogens (tertiary/aromatic N) is 1. The maximum atomic E-state index is 12.6. The van der Waals surface area contributed by atoms with Crippen molar-refractivity contribution in [3.05, 3.63) is 71.3 Å². The molecule has 0 radical (unpaired) electrons. The van der Waals surface area contributed by atoms with Crippen LogP contribution in [0, 0.1) is 13.8 Å². The van der Waals surface area contributed by atoms with Gasteiger partial charge < -0.3 is 4.74 Å². The summed E-state index contributed by atoms with van der Waals surface area (Å²) in [6.07, 6.45) is 1.48. The highest BCUT2D eigenvalue weighted by Gasteiger charge is 2.16. The van der Waals surface area contributed by atoms with Crippen LogP contribution in [0.4, 0.5) is 0 Å². The van der Waals surface area contributed by atoms with Crippen LogP contribution in [0.25, 0.3) is 10.8 Å². The van der Waals surface area contributed by atoms with Crippen LogP contribution in [0.1, 0.15) is 16.7 Å². The molecule has 5 nitrogen and oxygen atoms in total. The fourth-order valence-corrected chi connectivity index (χ4v) is 3.92. The van der Waals surface area contributed by atoms with Crippen LogP contribution in [0.15, 0.2) is 64.6 Å². The number of sulfonamides is 1. The van der Waals surface area contributed by atoms with E-state index in [2.05, 4.69) is 9.93 Å². The molecule has 0 unspecified atom stereocenters. The van der Waals surface area contributed by atoms with E-state index >= 15 is 0 Å². The van der Waals surface area contributed by atoms with Gasteiger partial charge in [0.1, 0.15) is 5.75 Å². The third kappa shape index (κ3) is 3.55.